The molecular weight excluding hydrogens is 196 g/mol. The Morgan fingerprint density at radius 1 is 1.25 bits per heavy atom. The summed E-state index contributed by atoms with van der Waals surface area (Å²) in [6.45, 7) is 2.34. The lowest BCUT2D eigenvalue weighted by Crippen LogP contribution is -2.10. The lowest BCUT2D eigenvalue weighted by atomic mass is 9.96. The third kappa shape index (κ3) is 1.81. The van der Waals surface area contributed by atoms with Crippen LogP contribution in [0.3, 0.4) is 0 Å². The Hall–Kier alpha value is -1.41. The zero-order chi connectivity index (χ0) is 10.8. The molecular formula is C14H16N2. The number of pyridine rings is 1. The Kier molecular flexibility index (Phi) is 2.58. The number of aromatic nitrogens is 1. The molecule has 0 bridgehead atoms. The average molecular weight is 212 g/mol. The lowest BCUT2D eigenvalue weighted by molar-refractivity contribution is 0.582. The van der Waals surface area contributed by atoms with Gasteiger partial charge in [0.15, 0.2) is 0 Å². The second-order valence-electron chi connectivity index (χ2n) is 4.55. The van der Waals surface area contributed by atoms with Crippen LogP contribution in [0.15, 0.2) is 36.5 Å². The van der Waals surface area contributed by atoms with Gasteiger partial charge in [-0.1, -0.05) is 18.2 Å². The molecule has 2 aromatic rings. The fourth-order valence-electron chi connectivity index (χ4n) is 2.54. The van der Waals surface area contributed by atoms with Crippen LogP contribution in [-0.4, -0.2) is 18.1 Å². The van der Waals surface area contributed by atoms with Crippen LogP contribution >= 0.6 is 0 Å². The minimum absolute atomic E-state index is 0.797. The van der Waals surface area contributed by atoms with Crippen LogP contribution in [0.5, 0.6) is 0 Å². The molecule has 0 amide bonds. The van der Waals surface area contributed by atoms with Gasteiger partial charge in [0.05, 0.1) is 5.52 Å². The smallest absolute Gasteiger partial charge is 0.0704 e. The van der Waals surface area contributed by atoms with Gasteiger partial charge in [0.25, 0.3) is 0 Å². The van der Waals surface area contributed by atoms with Gasteiger partial charge in [0.1, 0.15) is 0 Å². The highest BCUT2D eigenvalue weighted by molar-refractivity contribution is 5.81. The first-order valence-electron chi connectivity index (χ1n) is 5.97. The Balaban J connectivity index is 1.96. The van der Waals surface area contributed by atoms with Gasteiger partial charge in [-0.2, -0.15) is 0 Å². The zero-order valence-electron chi connectivity index (χ0n) is 9.32. The Morgan fingerprint density at radius 3 is 3.12 bits per heavy atom. The number of fused-ring (bicyclic) bond motifs is 1. The van der Waals surface area contributed by atoms with Crippen LogP contribution in [0.4, 0.5) is 0 Å². The van der Waals surface area contributed by atoms with Crippen LogP contribution in [0.25, 0.3) is 10.9 Å². The Morgan fingerprint density at radius 2 is 2.25 bits per heavy atom. The topological polar surface area (TPSA) is 24.9 Å². The molecule has 1 aromatic carbocycles. The summed E-state index contributed by atoms with van der Waals surface area (Å²) < 4.78 is 0. The van der Waals surface area contributed by atoms with Gasteiger partial charge < -0.3 is 5.32 Å². The molecule has 2 heterocycles. The second-order valence-corrected chi connectivity index (χ2v) is 4.55. The van der Waals surface area contributed by atoms with E-state index in [4.69, 9.17) is 0 Å². The van der Waals surface area contributed by atoms with Crippen LogP contribution in [0.2, 0.25) is 0 Å². The predicted octanol–water partition coefficient (Wildman–Crippen LogP) is 2.39. The van der Waals surface area contributed by atoms with E-state index < -0.39 is 0 Å². The number of nitrogens with zero attached hydrogens (tertiary/aromatic N) is 1. The number of rotatable bonds is 2. The highest BCUT2D eigenvalue weighted by atomic mass is 14.9. The molecule has 1 fully saturated rings. The molecule has 1 saturated heterocycles. The van der Waals surface area contributed by atoms with Crippen LogP contribution in [0.1, 0.15) is 12.0 Å². The van der Waals surface area contributed by atoms with Crippen molar-refractivity contribution in [1.29, 1.82) is 0 Å². The van der Waals surface area contributed by atoms with Crippen molar-refractivity contribution in [2.75, 3.05) is 13.1 Å². The van der Waals surface area contributed by atoms with Crippen molar-refractivity contribution in [2.45, 2.75) is 12.8 Å². The molecule has 1 aliphatic rings. The van der Waals surface area contributed by atoms with Gasteiger partial charge in [0, 0.05) is 11.6 Å². The SMILES string of the molecule is c1cc(C[C@H]2CCNC2)c2cccnc2c1. The van der Waals surface area contributed by atoms with E-state index in [2.05, 4.69) is 34.6 Å². The van der Waals surface area contributed by atoms with E-state index in [1.807, 2.05) is 12.3 Å². The van der Waals surface area contributed by atoms with E-state index in [-0.39, 0.29) is 0 Å². The molecule has 1 atom stereocenters. The molecule has 3 rings (SSSR count). The van der Waals surface area contributed by atoms with Crippen molar-refractivity contribution in [3.63, 3.8) is 0 Å². The summed E-state index contributed by atoms with van der Waals surface area (Å²) in [6.07, 6.45) is 4.34. The standard InChI is InChI=1S/C14H16N2/c1-3-12(9-11-6-8-15-10-11)13-4-2-7-16-14(13)5-1/h1-5,7,11,15H,6,8-10H2/t11-/m1/s1. The van der Waals surface area contributed by atoms with E-state index in [1.54, 1.807) is 0 Å². The van der Waals surface area contributed by atoms with Gasteiger partial charge in [-0.15, -0.1) is 0 Å². The predicted molar refractivity (Wildman–Crippen MR) is 66.4 cm³/mol. The quantitative estimate of drug-likeness (QED) is 0.826. The maximum atomic E-state index is 4.40. The van der Waals surface area contributed by atoms with Crippen molar-refractivity contribution in [1.82, 2.24) is 10.3 Å². The first-order chi connectivity index (χ1) is 7.93. The normalized spacial score (nSPS) is 20.4. The van der Waals surface area contributed by atoms with Crippen LogP contribution in [0, 0.1) is 5.92 Å². The molecule has 1 aliphatic heterocycles. The number of benzene rings is 1. The Bertz CT molecular complexity index is 482. The summed E-state index contributed by atoms with van der Waals surface area (Å²) in [6, 6.07) is 10.7. The van der Waals surface area contributed by atoms with E-state index in [0.717, 1.165) is 18.0 Å². The molecule has 1 aromatic heterocycles. The summed E-state index contributed by atoms with van der Waals surface area (Å²) in [5, 5.41) is 4.74. The number of nitrogens with one attached hydrogen (secondary N) is 1. The van der Waals surface area contributed by atoms with Crippen LogP contribution < -0.4 is 5.32 Å². The third-order valence-corrected chi connectivity index (χ3v) is 3.41. The monoisotopic (exact) mass is 212 g/mol. The summed E-state index contributed by atoms with van der Waals surface area (Å²) in [7, 11) is 0. The maximum Gasteiger partial charge on any atom is 0.0704 e. The van der Waals surface area contributed by atoms with Crippen molar-refractivity contribution in [3.05, 3.63) is 42.1 Å². The zero-order valence-corrected chi connectivity index (χ0v) is 9.32. The molecule has 2 nitrogen and oxygen atoms in total. The maximum absolute atomic E-state index is 4.40. The molecule has 1 N–H and O–H groups in total. The lowest BCUT2D eigenvalue weighted by Gasteiger charge is -2.10. The van der Waals surface area contributed by atoms with E-state index in [9.17, 15) is 0 Å². The largest absolute Gasteiger partial charge is 0.316 e. The molecule has 2 heteroatoms. The molecule has 0 aliphatic carbocycles. The van der Waals surface area contributed by atoms with Gasteiger partial charge in [-0.25, -0.2) is 0 Å². The number of hydrogen-bond donors (Lipinski definition) is 1. The fraction of sp³-hybridized carbons (Fsp3) is 0.357. The third-order valence-electron chi connectivity index (χ3n) is 3.41. The molecule has 16 heavy (non-hydrogen) atoms. The molecule has 0 radical (unpaired) electrons. The molecule has 82 valence electrons. The van der Waals surface area contributed by atoms with Crippen molar-refractivity contribution >= 4 is 10.9 Å². The van der Waals surface area contributed by atoms with Gasteiger partial charge in [-0.05, 0) is 49.5 Å². The van der Waals surface area contributed by atoms with E-state index >= 15 is 0 Å². The van der Waals surface area contributed by atoms with Gasteiger partial charge in [-0.3, -0.25) is 4.98 Å². The van der Waals surface area contributed by atoms with Crippen molar-refractivity contribution in [3.8, 4) is 0 Å². The molecule has 0 unspecified atom stereocenters. The highest BCUT2D eigenvalue weighted by Crippen LogP contribution is 2.21. The first kappa shape index (κ1) is 9.79. The highest BCUT2D eigenvalue weighted by Gasteiger charge is 2.15. The first-order valence-corrected chi connectivity index (χ1v) is 5.97. The fourth-order valence-corrected chi connectivity index (χ4v) is 2.54. The summed E-state index contributed by atoms with van der Waals surface area (Å²) in [5.74, 6) is 0.797. The minimum atomic E-state index is 0.797. The minimum Gasteiger partial charge on any atom is -0.316 e. The van der Waals surface area contributed by atoms with Gasteiger partial charge >= 0.3 is 0 Å². The van der Waals surface area contributed by atoms with E-state index in [1.165, 1.54) is 30.3 Å². The molecule has 0 saturated carbocycles. The number of hydrogen-bond acceptors (Lipinski definition) is 2. The van der Waals surface area contributed by atoms with E-state index in [0.29, 0.717) is 0 Å². The Labute approximate surface area is 95.7 Å². The molecule has 0 spiro atoms. The summed E-state index contributed by atoms with van der Waals surface area (Å²) in [4.78, 5) is 4.40. The second kappa shape index (κ2) is 4.22. The van der Waals surface area contributed by atoms with Crippen molar-refractivity contribution in [2.24, 2.45) is 5.92 Å². The van der Waals surface area contributed by atoms with Crippen molar-refractivity contribution < 1.29 is 0 Å². The summed E-state index contributed by atoms with van der Waals surface area (Å²) in [5.41, 5.74) is 2.56. The average Bonchev–Trinajstić information content (AvgIpc) is 2.82. The summed E-state index contributed by atoms with van der Waals surface area (Å²) >= 11 is 0. The van der Waals surface area contributed by atoms with Crippen LogP contribution in [-0.2, 0) is 6.42 Å². The van der Waals surface area contributed by atoms with Gasteiger partial charge in [0.2, 0.25) is 0 Å².